The third kappa shape index (κ3) is 5.48. The van der Waals surface area contributed by atoms with E-state index in [1.54, 1.807) is 0 Å². The summed E-state index contributed by atoms with van der Waals surface area (Å²) in [6.07, 6.45) is -4.28. The van der Waals surface area contributed by atoms with Crippen LogP contribution in [0.15, 0.2) is 18.2 Å². The smallest absolute Gasteiger partial charge is 0.401 e. The van der Waals surface area contributed by atoms with E-state index in [1.807, 2.05) is 0 Å². The van der Waals surface area contributed by atoms with Crippen molar-refractivity contribution in [3.8, 4) is 5.75 Å². The van der Waals surface area contributed by atoms with Gasteiger partial charge in [-0.25, -0.2) is 8.78 Å². The molecule has 0 aromatic heterocycles. The van der Waals surface area contributed by atoms with E-state index in [0.29, 0.717) is 0 Å². The van der Waals surface area contributed by atoms with E-state index in [2.05, 4.69) is 5.32 Å². The number of halogens is 5. The molecule has 0 radical (unpaired) electrons. The molecule has 0 fully saturated rings. The molecule has 7 heteroatoms. The van der Waals surface area contributed by atoms with E-state index in [1.165, 1.54) is 6.07 Å². The predicted molar refractivity (Wildman–Crippen MR) is 50.8 cm³/mol. The van der Waals surface area contributed by atoms with E-state index in [-0.39, 0.29) is 18.9 Å². The fraction of sp³-hybridized carbons (Fsp3) is 0.400. The molecule has 0 aliphatic rings. The normalized spacial score (nSPS) is 11.6. The second-order valence-electron chi connectivity index (χ2n) is 3.22. The minimum absolute atomic E-state index is 0.0431. The molecule has 0 atom stereocenters. The summed E-state index contributed by atoms with van der Waals surface area (Å²) in [6, 6.07) is 2.91. The summed E-state index contributed by atoms with van der Waals surface area (Å²) in [5.41, 5.74) is 0. The Morgan fingerprint density at radius 2 is 1.82 bits per heavy atom. The van der Waals surface area contributed by atoms with Gasteiger partial charge in [-0.1, -0.05) is 0 Å². The zero-order chi connectivity index (χ0) is 12.9. The Balaban J connectivity index is 2.25. The van der Waals surface area contributed by atoms with Gasteiger partial charge in [0.15, 0.2) is 11.6 Å². The van der Waals surface area contributed by atoms with Crippen LogP contribution in [-0.4, -0.2) is 25.9 Å². The fourth-order valence-electron chi connectivity index (χ4n) is 1.04. The van der Waals surface area contributed by atoms with Crippen LogP contribution in [0.1, 0.15) is 0 Å². The Labute approximate surface area is 94.4 Å². The lowest BCUT2D eigenvalue weighted by Gasteiger charge is -2.09. The van der Waals surface area contributed by atoms with Crippen molar-refractivity contribution in [3.63, 3.8) is 0 Å². The SMILES string of the molecule is Fc1ccc(OCCNCC(F)(F)F)cc1F. The summed E-state index contributed by atoms with van der Waals surface area (Å²) >= 11 is 0. The molecule has 0 aliphatic heterocycles. The van der Waals surface area contributed by atoms with Crippen LogP contribution < -0.4 is 10.1 Å². The van der Waals surface area contributed by atoms with Crippen LogP contribution in [0.5, 0.6) is 5.75 Å². The Hall–Kier alpha value is -1.37. The molecule has 0 saturated carbocycles. The van der Waals surface area contributed by atoms with Crippen LogP contribution in [0.4, 0.5) is 22.0 Å². The third-order valence-corrected chi connectivity index (χ3v) is 1.76. The van der Waals surface area contributed by atoms with Crippen LogP contribution in [0.2, 0.25) is 0 Å². The summed E-state index contributed by atoms with van der Waals surface area (Å²) in [7, 11) is 0. The van der Waals surface area contributed by atoms with Crippen molar-refractivity contribution < 1.29 is 26.7 Å². The first-order valence-corrected chi connectivity index (χ1v) is 4.74. The first kappa shape index (κ1) is 13.7. The number of ether oxygens (including phenoxy) is 1. The molecule has 0 spiro atoms. The molecule has 0 aliphatic carbocycles. The average molecular weight is 255 g/mol. The highest BCUT2D eigenvalue weighted by Gasteiger charge is 2.25. The molecule has 0 saturated heterocycles. The molecular weight excluding hydrogens is 245 g/mol. The molecule has 1 aromatic rings. The van der Waals surface area contributed by atoms with Gasteiger partial charge < -0.3 is 10.1 Å². The van der Waals surface area contributed by atoms with Crippen molar-refractivity contribution in [2.45, 2.75) is 6.18 Å². The van der Waals surface area contributed by atoms with Gasteiger partial charge in [0.1, 0.15) is 12.4 Å². The largest absolute Gasteiger partial charge is 0.492 e. The average Bonchev–Trinajstić information content (AvgIpc) is 2.21. The lowest BCUT2D eigenvalue weighted by atomic mass is 10.3. The molecule has 1 aromatic carbocycles. The van der Waals surface area contributed by atoms with Gasteiger partial charge in [-0.15, -0.1) is 0 Å². The summed E-state index contributed by atoms with van der Waals surface area (Å²) in [6.45, 7) is -1.23. The van der Waals surface area contributed by atoms with E-state index in [4.69, 9.17) is 4.74 Å². The van der Waals surface area contributed by atoms with E-state index < -0.39 is 24.4 Å². The second kappa shape index (κ2) is 5.81. The standard InChI is InChI=1S/C10H10F5NO/c11-8-2-1-7(5-9(8)12)17-4-3-16-6-10(13,14)15/h1-2,5,16H,3-4,6H2. The fourth-order valence-corrected chi connectivity index (χ4v) is 1.04. The van der Waals surface area contributed by atoms with Crippen molar-refractivity contribution in [2.24, 2.45) is 0 Å². The number of nitrogens with one attached hydrogen (secondary N) is 1. The van der Waals surface area contributed by atoms with Crippen molar-refractivity contribution >= 4 is 0 Å². The molecule has 17 heavy (non-hydrogen) atoms. The molecule has 1 N–H and O–H groups in total. The van der Waals surface area contributed by atoms with Crippen LogP contribution in [0.3, 0.4) is 0 Å². The number of rotatable bonds is 5. The van der Waals surface area contributed by atoms with Crippen LogP contribution in [-0.2, 0) is 0 Å². The third-order valence-electron chi connectivity index (χ3n) is 1.76. The number of benzene rings is 1. The molecule has 1 rings (SSSR count). The zero-order valence-electron chi connectivity index (χ0n) is 8.65. The highest BCUT2D eigenvalue weighted by Crippen LogP contribution is 2.15. The predicted octanol–water partition coefficient (Wildman–Crippen LogP) is 2.50. The van der Waals surface area contributed by atoms with Gasteiger partial charge in [-0.3, -0.25) is 0 Å². The molecule has 0 unspecified atom stereocenters. The monoisotopic (exact) mass is 255 g/mol. The quantitative estimate of drug-likeness (QED) is 0.644. The minimum Gasteiger partial charge on any atom is -0.492 e. The maximum absolute atomic E-state index is 12.7. The molecule has 2 nitrogen and oxygen atoms in total. The number of hydrogen-bond donors (Lipinski definition) is 1. The molecule has 96 valence electrons. The van der Waals surface area contributed by atoms with Crippen molar-refractivity contribution in [2.75, 3.05) is 19.7 Å². The second-order valence-corrected chi connectivity index (χ2v) is 3.22. The summed E-state index contributed by atoms with van der Waals surface area (Å²) in [4.78, 5) is 0. The van der Waals surface area contributed by atoms with Gasteiger partial charge in [-0.05, 0) is 12.1 Å². The highest BCUT2D eigenvalue weighted by molar-refractivity contribution is 5.23. The first-order valence-electron chi connectivity index (χ1n) is 4.74. The zero-order valence-corrected chi connectivity index (χ0v) is 8.65. The van der Waals surface area contributed by atoms with Gasteiger partial charge in [-0.2, -0.15) is 13.2 Å². The first-order chi connectivity index (χ1) is 7.88. The van der Waals surface area contributed by atoms with E-state index >= 15 is 0 Å². The Bertz CT molecular complexity index is 366. The molecule has 0 amide bonds. The summed E-state index contributed by atoms with van der Waals surface area (Å²) in [5.74, 6) is -2.00. The Morgan fingerprint density at radius 3 is 2.41 bits per heavy atom. The molecule has 0 heterocycles. The number of alkyl halides is 3. The maximum Gasteiger partial charge on any atom is 0.401 e. The van der Waals surface area contributed by atoms with Gasteiger partial charge >= 0.3 is 6.18 Å². The van der Waals surface area contributed by atoms with E-state index in [0.717, 1.165) is 12.1 Å². The maximum atomic E-state index is 12.7. The Kier molecular flexibility index (Phi) is 4.68. The van der Waals surface area contributed by atoms with Crippen LogP contribution >= 0.6 is 0 Å². The molecule has 0 bridgehead atoms. The lowest BCUT2D eigenvalue weighted by Crippen LogP contribution is -2.31. The summed E-state index contributed by atoms with van der Waals surface area (Å²) < 4.78 is 65.2. The van der Waals surface area contributed by atoms with Gasteiger partial charge in [0, 0.05) is 12.6 Å². The van der Waals surface area contributed by atoms with Crippen molar-refractivity contribution in [3.05, 3.63) is 29.8 Å². The van der Waals surface area contributed by atoms with Crippen LogP contribution in [0.25, 0.3) is 0 Å². The summed E-state index contributed by atoms with van der Waals surface area (Å²) in [5, 5.41) is 2.10. The highest BCUT2D eigenvalue weighted by atomic mass is 19.4. The molecular formula is C10H10F5NO. The van der Waals surface area contributed by atoms with Gasteiger partial charge in [0.25, 0.3) is 0 Å². The van der Waals surface area contributed by atoms with Crippen molar-refractivity contribution in [1.82, 2.24) is 5.32 Å². The minimum atomic E-state index is -4.28. The van der Waals surface area contributed by atoms with Crippen LogP contribution in [0, 0.1) is 11.6 Å². The number of hydrogen-bond acceptors (Lipinski definition) is 2. The van der Waals surface area contributed by atoms with Crippen molar-refractivity contribution in [1.29, 1.82) is 0 Å². The Morgan fingerprint density at radius 1 is 1.12 bits per heavy atom. The topological polar surface area (TPSA) is 21.3 Å². The van der Waals surface area contributed by atoms with Gasteiger partial charge in [0.2, 0.25) is 0 Å². The van der Waals surface area contributed by atoms with E-state index in [9.17, 15) is 22.0 Å². The lowest BCUT2D eigenvalue weighted by molar-refractivity contribution is -0.124. The van der Waals surface area contributed by atoms with Gasteiger partial charge in [0.05, 0.1) is 6.54 Å².